The van der Waals surface area contributed by atoms with Crippen molar-refractivity contribution in [1.82, 2.24) is 10.2 Å². The first-order valence-corrected chi connectivity index (χ1v) is 6.43. The molecule has 0 unspecified atom stereocenters. The first-order chi connectivity index (χ1) is 7.04. The Morgan fingerprint density at radius 1 is 1.20 bits per heavy atom. The van der Waals surface area contributed by atoms with Crippen LogP contribution in [0.4, 0.5) is 5.13 Å². The van der Waals surface area contributed by atoms with Crippen LogP contribution in [0, 0.1) is 0 Å². The topological polar surface area (TPSA) is 37.8 Å². The van der Waals surface area contributed by atoms with Crippen LogP contribution in [0.2, 0.25) is 0 Å². The summed E-state index contributed by atoms with van der Waals surface area (Å²) in [5.41, 5.74) is 0.112. The van der Waals surface area contributed by atoms with Crippen molar-refractivity contribution in [2.24, 2.45) is 0 Å². The van der Waals surface area contributed by atoms with Crippen molar-refractivity contribution in [3.05, 3.63) is 5.01 Å². The zero-order valence-electron chi connectivity index (χ0n) is 10.1. The van der Waals surface area contributed by atoms with Crippen LogP contribution in [0.1, 0.15) is 52.0 Å². The molecule has 0 aliphatic rings. The highest BCUT2D eigenvalue weighted by Gasteiger charge is 2.18. The van der Waals surface area contributed by atoms with E-state index in [4.69, 9.17) is 0 Å². The molecule has 15 heavy (non-hydrogen) atoms. The molecule has 0 spiro atoms. The third kappa shape index (κ3) is 4.16. The fraction of sp³-hybridized carbons (Fsp3) is 0.818. The second-order valence-electron chi connectivity index (χ2n) is 4.80. The third-order valence-electron chi connectivity index (χ3n) is 2.12. The van der Waals surface area contributed by atoms with E-state index < -0.39 is 0 Å². The van der Waals surface area contributed by atoms with Crippen molar-refractivity contribution in [2.75, 3.05) is 11.9 Å². The van der Waals surface area contributed by atoms with Gasteiger partial charge >= 0.3 is 0 Å². The van der Waals surface area contributed by atoms with Gasteiger partial charge in [0.2, 0.25) is 5.13 Å². The Morgan fingerprint density at radius 3 is 2.47 bits per heavy atom. The maximum absolute atomic E-state index is 4.19. The van der Waals surface area contributed by atoms with Gasteiger partial charge in [-0.05, 0) is 6.42 Å². The molecule has 86 valence electrons. The molecule has 1 aromatic heterocycles. The zero-order chi connectivity index (χ0) is 11.3. The van der Waals surface area contributed by atoms with Gasteiger partial charge in [-0.15, -0.1) is 10.2 Å². The van der Waals surface area contributed by atoms with Crippen LogP contribution in [-0.2, 0) is 5.41 Å². The van der Waals surface area contributed by atoms with Gasteiger partial charge in [0.05, 0.1) is 0 Å². The average molecular weight is 227 g/mol. The van der Waals surface area contributed by atoms with Gasteiger partial charge < -0.3 is 5.32 Å². The molecular formula is C11H21N3S. The largest absolute Gasteiger partial charge is 0.360 e. The number of rotatable bonds is 5. The van der Waals surface area contributed by atoms with Crippen LogP contribution in [0.25, 0.3) is 0 Å². The van der Waals surface area contributed by atoms with Gasteiger partial charge in [-0.3, -0.25) is 0 Å². The van der Waals surface area contributed by atoms with E-state index in [1.807, 2.05) is 0 Å². The summed E-state index contributed by atoms with van der Waals surface area (Å²) in [5, 5.41) is 13.7. The Hall–Kier alpha value is -0.640. The van der Waals surface area contributed by atoms with Gasteiger partial charge in [0, 0.05) is 12.0 Å². The first kappa shape index (κ1) is 12.4. The van der Waals surface area contributed by atoms with Gasteiger partial charge in [-0.2, -0.15) is 0 Å². The predicted molar refractivity (Wildman–Crippen MR) is 66.6 cm³/mol. The highest BCUT2D eigenvalue weighted by atomic mass is 32.1. The lowest BCUT2D eigenvalue weighted by atomic mass is 9.98. The average Bonchev–Trinajstić information content (AvgIpc) is 2.60. The maximum Gasteiger partial charge on any atom is 0.205 e. The van der Waals surface area contributed by atoms with Crippen molar-refractivity contribution in [3.8, 4) is 0 Å². The molecule has 0 radical (unpaired) electrons. The fourth-order valence-electron chi connectivity index (χ4n) is 1.17. The Kier molecular flexibility index (Phi) is 4.51. The number of nitrogens with zero attached hydrogens (tertiary/aromatic N) is 2. The number of aromatic nitrogens is 2. The van der Waals surface area contributed by atoms with E-state index in [1.165, 1.54) is 19.3 Å². The van der Waals surface area contributed by atoms with E-state index in [2.05, 4.69) is 43.2 Å². The van der Waals surface area contributed by atoms with Crippen molar-refractivity contribution >= 4 is 16.5 Å². The minimum absolute atomic E-state index is 0.112. The Balaban J connectivity index is 2.40. The van der Waals surface area contributed by atoms with Crippen LogP contribution in [0.5, 0.6) is 0 Å². The van der Waals surface area contributed by atoms with Gasteiger partial charge in [-0.1, -0.05) is 51.9 Å². The van der Waals surface area contributed by atoms with E-state index in [0.29, 0.717) is 0 Å². The Morgan fingerprint density at radius 2 is 1.93 bits per heavy atom. The smallest absolute Gasteiger partial charge is 0.205 e. The Bertz CT molecular complexity index is 288. The summed E-state index contributed by atoms with van der Waals surface area (Å²) < 4.78 is 0. The molecule has 1 rings (SSSR count). The molecule has 0 bridgehead atoms. The predicted octanol–water partition coefficient (Wildman–Crippen LogP) is 3.44. The molecule has 0 fully saturated rings. The molecule has 3 nitrogen and oxygen atoms in total. The molecule has 0 saturated heterocycles. The minimum Gasteiger partial charge on any atom is -0.360 e. The number of hydrogen-bond acceptors (Lipinski definition) is 4. The molecule has 0 saturated carbocycles. The van der Waals surface area contributed by atoms with Crippen LogP contribution in [-0.4, -0.2) is 16.7 Å². The SMILES string of the molecule is CCCCCNc1nnc(C(C)(C)C)s1. The lowest BCUT2D eigenvalue weighted by Gasteiger charge is -2.12. The molecule has 0 aliphatic heterocycles. The summed E-state index contributed by atoms with van der Waals surface area (Å²) in [4.78, 5) is 0. The van der Waals surface area contributed by atoms with Gasteiger partial charge in [0.25, 0.3) is 0 Å². The van der Waals surface area contributed by atoms with Gasteiger partial charge in [-0.25, -0.2) is 0 Å². The summed E-state index contributed by atoms with van der Waals surface area (Å²) >= 11 is 1.66. The molecule has 0 atom stereocenters. The lowest BCUT2D eigenvalue weighted by Crippen LogP contribution is -2.10. The standard InChI is InChI=1S/C11H21N3S/c1-5-6-7-8-12-10-14-13-9(15-10)11(2,3)4/h5-8H2,1-4H3,(H,12,14). The molecular weight excluding hydrogens is 206 g/mol. The summed E-state index contributed by atoms with van der Waals surface area (Å²) in [6.07, 6.45) is 3.74. The highest BCUT2D eigenvalue weighted by Crippen LogP contribution is 2.27. The normalized spacial score (nSPS) is 11.7. The highest BCUT2D eigenvalue weighted by molar-refractivity contribution is 7.15. The van der Waals surface area contributed by atoms with E-state index in [9.17, 15) is 0 Å². The molecule has 0 aliphatic carbocycles. The van der Waals surface area contributed by atoms with Crippen LogP contribution < -0.4 is 5.32 Å². The molecule has 0 amide bonds. The maximum atomic E-state index is 4.19. The number of anilines is 1. The Labute approximate surface area is 96.3 Å². The zero-order valence-corrected chi connectivity index (χ0v) is 10.9. The number of nitrogens with one attached hydrogen (secondary N) is 1. The lowest BCUT2D eigenvalue weighted by molar-refractivity contribution is 0.578. The van der Waals surface area contributed by atoms with Crippen molar-refractivity contribution < 1.29 is 0 Å². The van der Waals surface area contributed by atoms with Crippen molar-refractivity contribution in [1.29, 1.82) is 0 Å². The van der Waals surface area contributed by atoms with Gasteiger partial charge in [0.1, 0.15) is 5.01 Å². The molecule has 0 aromatic carbocycles. The summed E-state index contributed by atoms with van der Waals surface area (Å²) in [5.74, 6) is 0. The molecule has 1 N–H and O–H groups in total. The number of hydrogen-bond donors (Lipinski definition) is 1. The second-order valence-corrected chi connectivity index (χ2v) is 5.77. The van der Waals surface area contributed by atoms with E-state index in [-0.39, 0.29) is 5.41 Å². The third-order valence-corrected chi connectivity index (χ3v) is 3.43. The quantitative estimate of drug-likeness (QED) is 0.783. The molecule has 1 heterocycles. The van der Waals surface area contributed by atoms with Crippen LogP contribution >= 0.6 is 11.3 Å². The first-order valence-electron chi connectivity index (χ1n) is 5.62. The van der Waals surface area contributed by atoms with Crippen molar-refractivity contribution in [2.45, 2.75) is 52.4 Å². The minimum atomic E-state index is 0.112. The van der Waals surface area contributed by atoms with E-state index in [0.717, 1.165) is 16.7 Å². The molecule has 4 heteroatoms. The van der Waals surface area contributed by atoms with Gasteiger partial charge in [0.15, 0.2) is 0 Å². The summed E-state index contributed by atoms with van der Waals surface area (Å²) in [7, 11) is 0. The summed E-state index contributed by atoms with van der Waals surface area (Å²) in [6.45, 7) is 9.70. The van der Waals surface area contributed by atoms with E-state index in [1.54, 1.807) is 11.3 Å². The van der Waals surface area contributed by atoms with Crippen molar-refractivity contribution in [3.63, 3.8) is 0 Å². The fourth-order valence-corrected chi connectivity index (χ4v) is 1.99. The summed E-state index contributed by atoms with van der Waals surface area (Å²) in [6, 6.07) is 0. The van der Waals surface area contributed by atoms with Crippen LogP contribution in [0.3, 0.4) is 0 Å². The molecule has 1 aromatic rings. The monoisotopic (exact) mass is 227 g/mol. The number of unbranched alkanes of at least 4 members (excludes halogenated alkanes) is 2. The second kappa shape index (κ2) is 5.45. The van der Waals surface area contributed by atoms with E-state index >= 15 is 0 Å². The van der Waals surface area contributed by atoms with Crippen LogP contribution in [0.15, 0.2) is 0 Å².